The number of benzene rings is 1. The van der Waals surface area contributed by atoms with E-state index in [-0.39, 0.29) is 5.92 Å². The number of ketones is 1. The lowest BCUT2D eigenvalue weighted by Crippen LogP contribution is -2.00. The Labute approximate surface area is 109 Å². The molecule has 0 spiro atoms. The van der Waals surface area contributed by atoms with Gasteiger partial charge in [-0.3, -0.25) is 4.79 Å². The van der Waals surface area contributed by atoms with Gasteiger partial charge in [-0.2, -0.15) is 0 Å². The van der Waals surface area contributed by atoms with Crippen LogP contribution < -0.4 is 9.47 Å². The number of ether oxygens (including phenoxy) is 2. The lowest BCUT2D eigenvalue weighted by Gasteiger charge is -2.17. The normalized spacial score (nSPS) is 19.5. The van der Waals surface area contributed by atoms with Crippen molar-refractivity contribution in [1.82, 2.24) is 0 Å². The Morgan fingerprint density at radius 2 is 2.06 bits per heavy atom. The van der Waals surface area contributed by atoms with E-state index >= 15 is 0 Å². The van der Waals surface area contributed by atoms with Crippen molar-refractivity contribution in [3.8, 4) is 11.5 Å². The predicted molar refractivity (Wildman–Crippen MR) is 68.8 cm³/mol. The second kappa shape index (κ2) is 5.08. The van der Waals surface area contributed by atoms with E-state index in [1.807, 2.05) is 12.1 Å². The number of carbonyl (C=O) groups is 1. The van der Waals surface area contributed by atoms with Gasteiger partial charge in [0.1, 0.15) is 21.8 Å². The van der Waals surface area contributed by atoms with Crippen LogP contribution >= 0.6 is 15.9 Å². The molecule has 1 aromatic rings. The molecule has 0 heterocycles. The Bertz CT molecular complexity index is 443. The quantitative estimate of drug-likeness (QED) is 0.859. The van der Waals surface area contributed by atoms with Crippen LogP contribution in [0.1, 0.15) is 30.7 Å². The van der Waals surface area contributed by atoms with E-state index in [2.05, 4.69) is 15.9 Å². The average molecular weight is 299 g/mol. The summed E-state index contributed by atoms with van der Waals surface area (Å²) in [5.74, 6) is 2.14. The van der Waals surface area contributed by atoms with E-state index < -0.39 is 0 Å². The molecule has 92 valence electrons. The Balaban J connectivity index is 2.40. The molecule has 1 aliphatic rings. The van der Waals surface area contributed by atoms with E-state index in [9.17, 15) is 4.79 Å². The summed E-state index contributed by atoms with van der Waals surface area (Å²) < 4.78 is 11.5. The van der Waals surface area contributed by atoms with Crippen molar-refractivity contribution in [3.63, 3.8) is 0 Å². The van der Waals surface area contributed by atoms with Gasteiger partial charge in [-0.25, -0.2) is 0 Å². The Kier molecular flexibility index (Phi) is 3.72. The molecule has 1 saturated carbocycles. The Hall–Kier alpha value is -1.03. The average Bonchev–Trinajstić information content (AvgIpc) is 2.75. The van der Waals surface area contributed by atoms with E-state index in [4.69, 9.17) is 9.47 Å². The zero-order valence-corrected chi connectivity index (χ0v) is 11.5. The summed E-state index contributed by atoms with van der Waals surface area (Å²) in [7, 11) is 3.26. The Morgan fingerprint density at radius 1 is 1.29 bits per heavy atom. The molecule has 0 aliphatic heterocycles. The number of hydrogen-bond acceptors (Lipinski definition) is 3. The number of Topliss-reactive ketones (excluding diaryl/α,β-unsaturated/α-hetero) is 1. The van der Waals surface area contributed by atoms with Crippen LogP contribution in [0.2, 0.25) is 0 Å². The topological polar surface area (TPSA) is 35.5 Å². The van der Waals surface area contributed by atoms with E-state index in [1.165, 1.54) is 0 Å². The van der Waals surface area contributed by atoms with Crippen molar-refractivity contribution in [2.45, 2.75) is 25.2 Å². The van der Waals surface area contributed by atoms with Crippen molar-refractivity contribution < 1.29 is 14.3 Å². The molecule has 2 rings (SSSR count). The van der Waals surface area contributed by atoms with Crippen molar-refractivity contribution >= 4 is 21.7 Å². The SMILES string of the molecule is COc1ccc(C2CCC(=O)C2)c(OC)c1Br. The molecule has 1 atom stereocenters. The molecule has 0 bridgehead atoms. The van der Waals surface area contributed by atoms with Gasteiger partial charge in [0.15, 0.2) is 0 Å². The van der Waals surface area contributed by atoms with Crippen molar-refractivity contribution in [3.05, 3.63) is 22.2 Å². The summed E-state index contributed by atoms with van der Waals surface area (Å²) in [5.41, 5.74) is 1.09. The third kappa shape index (κ3) is 2.32. The largest absolute Gasteiger partial charge is 0.495 e. The first-order valence-electron chi connectivity index (χ1n) is 5.59. The number of carbonyl (C=O) groups excluding carboxylic acids is 1. The first-order chi connectivity index (χ1) is 8.17. The summed E-state index contributed by atoms with van der Waals surface area (Å²) in [6.07, 6.45) is 2.21. The molecule has 1 unspecified atom stereocenters. The molecule has 0 amide bonds. The zero-order chi connectivity index (χ0) is 12.4. The van der Waals surface area contributed by atoms with Crippen LogP contribution in [0.3, 0.4) is 0 Å². The third-order valence-electron chi connectivity index (χ3n) is 3.20. The number of hydrogen-bond donors (Lipinski definition) is 0. The van der Waals surface area contributed by atoms with Crippen molar-refractivity contribution in [2.75, 3.05) is 14.2 Å². The number of methoxy groups -OCH3 is 2. The van der Waals surface area contributed by atoms with Crippen LogP contribution in [0.5, 0.6) is 11.5 Å². The molecule has 0 aromatic heterocycles. The van der Waals surface area contributed by atoms with Crippen molar-refractivity contribution in [2.24, 2.45) is 0 Å². The molecular weight excluding hydrogens is 284 g/mol. The third-order valence-corrected chi connectivity index (χ3v) is 3.95. The molecule has 0 saturated heterocycles. The van der Waals surface area contributed by atoms with Crippen molar-refractivity contribution in [1.29, 1.82) is 0 Å². The molecule has 0 N–H and O–H groups in total. The highest BCUT2D eigenvalue weighted by atomic mass is 79.9. The van der Waals surface area contributed by atoms with Gasteiger partial charge in [0.25, 0.3) is 0 Å². The maximum atomic E-state index is 11.4. The molecule has 4 heteroatoms. The lowest BCUT2D eigenvalue weighted by atomic mass is 9.96. The highest BCUT2D eigenvalue weighted by Crippen LogP contribution is 2.44. The van der Waals surface area contributed by atoms with Gasteiger partial charge in [-0.05, 0) is 39.9 Å². The lowest BCUT2D eigenvalue weighted by molar-refractivity contribution is -0.117. The van der Waals surface area contributed by atoms with Gasteiger partial charge in [0.2, 0.25) is 0 Å². The first kappa shape index (κ1) is 12.4. The molecule has 1 aliphatic carbocycles. The second-order valence-electron chi connectivity index (χ2n) is 4.18. The van der Waals surface area contributed by atoms with Gasteiger partial charge in [-0.1, -0.05) is 6.07 Å². The number of rotatable bonds is 3. The molecule has 3 nitrogen and oxygen atoms in total. The minimum atomic E-state index is 0.277. The van der Waals surface area contributed by atoms with Crippen LogP contribution in [-0.2, 0) is 4.79 Å². The van der Waals surface area contributed by atoms with E-state index in [0.717, 1.165) is 28.0 Å². The van der Waals surface area contributed by atoms with Gasteiger partial charge in [0, 0.05) is 12.8 Å². The smallest absolute Gasteiger partial charge is 0.140 e. The van der Waals surface area contributed by atoms with Crippen LogP contribution in [0.25, 0.3) is 0 Å². The van der Waals surface area contributed by atoms with Crippen LogP contribution in [0, 0.1) is 0 Å². The highest BCUT2D eigenvalue weighted by molar-refractivity contribution is 9.10. The Morgan fingerprint density at radius 3 is 2.59 bits per heavy atom. The van der Waals surface area contributed by atoms with Crippen LogP contribution in [0.4, 0.5) is 0 Å². The van der Waals surface area contributed by atoms with E-state index in [1.54, 1.807) is 14.2 Å². The standard InChI is InChI=1S/C13H15BrO3/c1-16-11-6-5-10(13(17-2)12(11)14)8-3-4-9(15)7-8/h5-6,8H,3-4,7H2,1-2H3. The second-order valence-corrected chi connectivity index (χ2v) is 4.98. The fourth-order valence-corrected chi connectivity index (χ4v) is 3.00. The van der Waals surface area contributed by atoms with Crippen LogP contribution in [-0.4, -0.2) is 20.0 Å². The monoisotopic (exact) mass is 298 g/mol. The summed E-state index contributed by atoms with van der Waals surface area (Å²) in [6.45, 7) is 0. The first-order valence-corrected chi connectivity index (χ1v) is 6.38. The van der Waals surface area contributed by atoms with Crippen LogP contribution in [0.15, 0.2) is 16.6 Å². The molecule has 0 radical (unpaired) electrons. The molecule has 17 heavy (non-hydrogen) atoms. The summed E-state index contributed by atoms with van der Waals surface area (Å²) in [4.78, 5) is 11.4. The molecular formula is C13H15BrO3. The maximum absolute atomic E-state index is 11.4. The van der Waals surface area contributed by atoms with Gasteiger partial charge in [0.05, 0.1) is 14.2 Å². The summed E-state index contributed by atoms with van der Waals surface area (Å²) in [5, 5.41) is 0. The summed E-state index contributed by atoms with van der Waals surface area (Å²) in [6, 6.07) is 3.90. The fraction of sp³-hybridized carbons (Fsp3) is 0.462. The molecule has 1 aromatic carbocycles. The summed E-state index contributed by atoms with van der Waals surface area (Å²) >= 11 is 3.48. The van der Waals surface area contributed by atoms with Gasteiger partial charge < -0.3 is 9.47 Å². The van der Waals surface area contributed by atoms with Gasteiger partial charge in [-0.15, -0.1) is 0 Å². The predicted octanol–water partition coefficient (Wildman–Crippen LogP) is 3.30. The number of halogens is 1. The zero-order valence-electron chi connectivity index (χ0n) is 9.96. The minimum absolute atomic E-state index is 0.277. The minimum Gasteiger partial charge on any atom is -0.495 e. The highest BCUT2D eigenvalue weighted by Gasteiger charge is 2.27. The maximum Gasteiger partial charge on any atom is 0.140 e. The van der Waals surface area contributed by atoms with Gasteiger partial charge >= 0.3 is 0 Å². The fourth-order valence-electron chi connectivity index (χ4n) is 2.32. The molecule has 1 fully saturated rings. The van der Waals surface area contributed by atoms with E-state index in [0.29, 0.717) is 18.6 Å².